The first-order valence-electron chi connectivity index (χ1n) is 3.15. The van der Waals surface area contributed by atoms with Gasteiger partial charge in [-0.15, -0.1) is 0 Å². The molecule has 0 aliphatic carbocycles. The number of hydrogen-bond donors (Lipinski definition) is 0. The molecule has 0 aliphatic heterocycles. The van der Waals surface area contributed by atoms with Gasteiger partial charge in [0.1, 0.15) is 11.6 Å². The van der Waals surface area contributed by atoms with E-state index in [1.54, 1.807) is 0 Å². The smallest absolute Gasteiger partial charge is 0.422 e. The maximum atomic E-state index is 11.8. The van der Waals surface area contributed by atoms with E-state index in [-0.39, 0.29) is 0 Å². The molecule has 0 heterocycles. The van der Waals surface area contributed by atoms with Gasteiger partial charge in [0.2, 0.25) is 0 Å². The lowest BCUT2D eigenvalue weighted by molar-refractivity contribution is -0.152. The maximum Gasteiger partial charge on any atom is 0.422 e. The molecule has 0 aliphatic rings. The molecule has 72 valence electrons. The Morgan fingerprint density at radius 2 is 2.08 bits per heavy atom. The van der Waals surface area contributed by atoms with Crippen molar-refractivity contribution in [2.24, 2.45) is 0 Å². The van der Waals surface area contributed by atoms with Gasteiger partial charge in [-0.1, -0.05) is 6.58 Å². The van der Waals surface area contributed by atoms with E-state index in [9.17, 15) is 18.0 Å². The van der Waals surface area contributed by atoms with E-state index in [0.717, 1.165) is 6.92 Å². The Balaban J connectivity index is 4.32. The number of esters is 1. The first-order valence-corrected chi connectivity index (χ1v) is 3.15. The molecule has 0 saturated carbocycles. The van der Waals surface area contributed by atoms with Crippen LogP contribution in [0.1, 0.15) is 6.92 Å². The summed E-state index contributed by atoms with van der Waals surface area (Å²) in [5, 5.41) is 8.13. The molecule has 1 unspecified atom stereocenters. The van der Waals surface area contributed by atoms with Gasteiger partial charge >= 0.3 is 12.1 Å². The Labute approximate surface area is 72.4 Å². The van der Waals surface area contributed by atoms with Crippen LogP contribution in [0.2, 0.25) is 0 Å². The van der Waals surface area contributed by atoms with Crippen LogP contribution in [0, 0.1) is 11.3 Å². The highest BCUT2D eigenvalue weighted by atomic mass is 19.4. The summed E-state index contributed by atoms with van der Waals surface area (Å²) in [4.78, 5) is 10.6. The van der Waals surface area contributed by atoms with Gasteiger partial charge in [-0.2, -0.15) is 18.4 Å². The number of carbonyl (C=O) groups excluding carboxylic acids is 1. The van der Waals surface area contributed by atoms with Crippen molar-refractivity contribution in [3.05, 3.63) is 12.2 Å². The summed E-state index contributed by atoms with van der Waals surface area (Å²) in [6, 6.07) is 1.45. The fourth-order valence-corrected chi connectivity index (χ4v) is 0.374. The van der Waals surface area contributed by atoms with Crippen LogP contribution in [0.4, 0.5) is 13.2 Å². The van der Waals surface area contributed by atoms with Gasteiger partial charge in [0.15, 0.2) is 6.10 Å². The highest BCUT2D eigenvalue weighted by molar-refractivity contribution is 5.89. The van der Waals surface area contributed by atoms with Gasteiger partial charge < -0.3 is 4.74 Å². The molecule has 0 bridgehead atoms. The standard InChI is InChI=1S/C7H6F3NO2/c1-4(3-11)13-6(12)5(2)7(8,9)10/h4H,2H2,1H3. The second kappa shape index (κ2) is 3.94. The van der Waals surface area contributed by atoms with Gasteiger partial charge in [-0.05, 0) is 6.92 Å². The van der Waals surface area contributed by atoms with Crippen LogP contribution in [0.5, 0.6) is 0 Å². The van der Waals surface area contributed by atoms with Crippen LogP contribution in [0.25, 0.3) is 0 Å². The molecule has 0 rings (SSSR count). The highest BCUT2D eigenvalue weighted by Gasteiger charge is 2.38. The quantitative estimate of drug-likeness (QED) is 0.494. The summed E-state index contributed by atoms with van der Waals surface area (Å²) >= 11 is 0. The van der Waals surface area contributed by atoms with Crippen LogP contribution >= 0.6 is 0 Å². The van der Waals surface area contributed by atoms with Crippen LogP contribution < -0.4 is 0 Å². The molecule has 0 aromatic rings. The zero-order valence-electron chi connectivity index (χ0n) is 6.68. The van der Waals surface area contributed by atoms with Crippen LogP contribution in [0.3, 0.4) is 0 Å². The van der Waals surface area contributed by atoms with E-state index in [1.807, 2.05) is 0 Å². The van der Waals surface area contributed by atoms with Crippen molar-refractivity contribution >= 4 is 5.97 Å². The lowest BCUT2D eigenvalue weighted by atomic mass is 10.3. The topological polar surface area (TPSA) is 50.1 Å². The molecule has 13 heavy (non-hydrogen) atoms. The van der Waals surface area contributed by atoms with E-state index >= 15 is 0 Å². The van der Waals surface area contributed by atoms with Crippen molar-refractivity contribution in [1.82, 2.24) is 0 Å². The Kier molecular flexibility index (Phi) is 3.48. The van der Waals surface area contributed by atoms with Crippen LogP contribution in [-0.2, 0) is 9.53 Å². The Bertz CT molecular complexity index is 264. The van der Waals surface area contributed by atoms with E-state index in [0.29, 0.717) is 0 Å². The summed E-state index contributed by atoms with van der Waals surface area (Å²) in [6.07, 6.45) is -6.03. The van der Waals surface area contributed by atoms with Crippen molar-refractivity contribution in [2.75, 3.05) is 0 Å². The minimum Gasteiger partial charge on any atom is -0.444 e. The van der Waals surface area contributed by atoms with Crippen molar-refractivity contribution in [1.29, 1.82) is 5.26 Å². The molecule has 0 saturated heterocycles. The van der Waals surface area contributed by atoms with E-state index < -0.39 is 23.8 Å². The predicted octanol–water partition coefficient (Wildman–Crippen LogP) is 1.56. The monoisotopic (exact) mass is 193 g/mol. The van der Waals surface area contributed by atoms with Crippen molar-refractivity contribution in [3.63, 3.8) is 0 Å². The highest BCUT2D eigenvalue weighted by Crippen LogP contribution is 2.25. The predicted molar refractivity (Wildman–Crippen MR) is 36.4 cm³/mol. The number of hydrogen-bond acceptors (Lipinski definition) is 3. The molecule has 0 amide bonds. The molecule has 0 spiro atoms. The van der Waals surface area contributed by atoms with Gasteiger partial charge in [-0.25, -0.2) is 4.79 Å². The van der Waals surface area contributed by atoms with Crippen LogP contribution in [-0.4, -0.2) is 18.2 Å². The zero-order chi connectivity index (χ0) is 10.6. The average Bonchev–Trinajstić information content (AvgIpc) is 2.01. The maximum absolute atomic E-state index is 11.8. The van der Waals surface area contributed by atoms with Crippen LogP contribution in [0.15, 0.2) is 12.2 Å². The SMILES string of the molecule is C=C(C(=O)OC(C)C#N)C(F)(F)F. The molecular formula is C7H6F3NO2. The lowest BCUT2D eigenvalue weighted by Crippen LogP contribution is -2.23. The summed E-state index contributed by atoms with van der Waals surface area (Å²) in [6.45, 7) is 3.66. The second-order valence-corrected chi connectivity index (χ2v) is 2.15. The molecule has 6 heteroatoms. The van der Waals surface area contributed by atoms with Crippen molar-refractivity contribution in [2.45, 2.75) is 19.2 Å². The van der Waals surface area contributed by atoms with E-state index in [4.69, 9.17) is 5.26 Å². The molecular weight excluding hydrogens is 187 g/mol. The van der Waals surface area contributed by atoms with Gasteiger partial charge in [0.25, 0.3) is 0 Å². The summed E-state index contributed by atoms with van der Waals surface area (Å²) in [5.74, 6) is -1.62. The third-order valence-corrected chi connectivity index (χ3v) is 1.05. The Morgan fingerprint density at radius 3 is 2.38 bits per heavy atom. The third kappa shape index (κ3) is 3.60. The Morgan fingerprint density at radius 1 is 1.62 bits per heavy atom. The van der Waals surface area contributed by atoms with E-state index in [2.05, 4.69) is 11.3 Å². The second-order valence-electron chi connectivity index (χ2n) is 2.15. The third-order valence-electron chi connectivity index (χ3n) is 1.05. The fraction of sp³-hybridized carbons (Fsp3) is 0.429. The zero-order valence-corrected chi connectivity index (χ0v) is 6.68. The lowest BCUT2D eigenvalue weighted by Gasteiger charge is -2.10. The number of nitrogens with zero attached hydrogens (tertiary/aromatic N) is 1. The number of alkyl halides is 3. The molecule has 0 N–H and O–H groups in total. The molecule has 0 aromatic heterocycles. The number of carbonyl (C=O) groups is 1. The largest absolute Gasteiger partial charge is 0.444 e. The summed E-state index contributed by atoms with van der Waals surface area (Å²) in [7, 11) is 0. The van der Waals surface area contributed by atoms with Gasteiger partial charge in [0, 0.05) is 0 Å². The number of rotatable bonds is 2. The average molecular weight is 193 g/mol. The summed E-state index contributed by atoms with van der Waals surface area (Å²) < 4.78 is 39.4. The molecule has 0 aromatic carbocycles. The first kappa shape index (κ1) is 11.5. The van der Waals surface area contributed by atoms with Crippen molar-refractivity contribution < 1.29 is 22.7 Å². The van der Waals surface area contributed by atoms with E-state index in [1.165, 1.54) is 6.07 Å². The number of nitriles is 1. The number of halogens is 3. The van der Waals surface area contributed by atoms with Gasteiger partial charge in [-0.3, -0.25) is 0 Å². The van der Waals surface area contributed by atoms with Gasteiger partial charge in [0.05, 0.1) is 0 Å². The normalized spacial score (nSPS) is 12.8. The minimum atomic E-state index is -4.81. The molecule has 0 fully saturated rings. The number of ether oxygens (including phenoxy) is 1. The summed E-state index contributed by atoms with van der Waals surface area (Å²) in [5.41, 5.74) is -1.62. The molecule has 1 atom stereocenters. The first-order chi connectivity index (χ1) is 5.79. The minimum absolute atomic E-state index is 1.15. The van der Waals surface area contributed by atoms with Crippen molar-refractivity contribution in [3.8, 4) is 6.07 Å². The Hall–Kier alpha value is -1.51. The fourth-order valence-electron chi connectivity index (χ4n) is 0.374. The molecule has 0 radical (unpaired) electrons. The molecule has 3 nitrogen and oxygen atoms in total.